The maximum Gasteiger partial charge on any atom is 0.118 e. The maximum atomic E-state index is 6.20. The second-order valence-corrected chi connectivity index (χ2v) is 6.94. The Labute approximate surface area is 134 Å². The van der Waals surface area contributed by atoms with Crippen LogP contribution in [0.15, 0.2) is 24.3 Å². The number of rotatable bonds is 4. The van der Waals surface area contributed by atoms with Crippen molar-refractivity contribution in [1.82, 2.24) is 9.80 Å². The average molecular weight is 304 g/mol. The molecule has 1 aromatic carbocycles. The first-order chi connectivity index (χ1) is 10.6. The summed E-state index contributed by atoms with van der Waals surface area (Å²) in [5, 5.41) is 0. The summed E-state index contributed by atoms with van der Waals surface area (Å²) in [6.07, 6.45) is 3.51. The van der Waals surface area contributed by atoms with Crippen LogP contribution in [0.25, 0.3) is 0 Å². The molecule has 3 rings (SSSR count). The number of hydrogen-bond acceptors (Lipinski definition) is 4. The van der Waals surface area contributed by atoms with Gasteiger partial charge in [0.25, 0.3) is 0 Å². The highest BCUT2D eigenvalue weighted by atomic mass is 16.5. The Morgan fingerprint density at radius 2 is 1.91 bits per heavy atom. The lowest BCUT2D eigenvalue weighted by atomic mass is 9.87. The molecule has 1 spiro atoms. The molecule has 4 heteroatoms. The summed E-state index contributed by atoms with van der Waals surface area (Å²) in [5.41, 5.74) is 1.50. The molecular weight excluding hydrogens is 276 g/mol. The average Bonchev–Trinajstić information content (AvgIpc) is 2.95. The molecule has 122 valence electrons. The maximum absolute atomic E-state index is 6.20. The van der Waals surface area contributed by atoms with Gasteiger partial charge in [0.05, 0.1) is 19.3 Å². The van der Waals surface area contributed by atoms with Crippen LogP contribution >= 0.6 is 0 Å². The minimum Gasteiger partial charge on any atom is -0.497 e. The van der Waals surface area contributed by atoms with Gasteiger partial charge in [0.2, 0.25) is 0 Å². The van der Waals surface area contributed by atoms with Gasteiger partial charge in [-0.05, 0) is 51.1 Å². The minimum absolute atomic E-state index is 0.144. The summed E-state index contributed by atoms with van der Waals surface area (Å²) in [5.74, 6) is 0.926. The molecule has 0 amide bonds. The number of hydrogen-bond donors (Lipinski definition) is 0. The van der Waals surface area contributed by atoms with Crippen LogP contribution in [0.2, 0.25) is 0 Å². The standard InChI is InChI=1S/C18H28N2O2/c1-19(2)16-12-18(22-14-16)8-10-20(11-9-18)13-15-4-6-17(21-3)7-5-15/h4-7,16H,8-14H2,1-3H3/t16-/m0/s1. The van der Waals surface area contributed by atoms with Gasteiger partial charge in [-0.25, -0.2) is 0 Å². The van der Waals surface area contributed by atoms with Gasteiger partial charge in [0, 0.05) is 25.7 Å². The molecule has 0 bridgehead atoms. The molecule has 2 aliphatic rings. The molecule has 1 aromatic rings. The third-order valence-corrected chi connectivity index (χ3v) is 5.25. The van der Waals surface area contributed by atoms with E-state index in [9.17, 15) is 0 Å². The van der Waals surface area contributed by atoms with Gasteiger partial charge in [-0.15, -0.1) is 0 Å². The Bertz CT molecular complexity index is 478. The normalized spacial score (nSPS) is 25.0. The van der Waals surface area contributed by atoms with E-state index in [2.05, 4.69) is 36.0 Å². The number of likely N-dealkylation sites (N-methyl/N-ethyl adjacent to an activating group) is 1. The highest BCUT2D eigenvalue weighted by Gasteiger charge is 2.43. The van der Waals surface area contributed by atoms with E-state index in [4.69, 9.17) is 9.47 Å². The van der Waals surface area contributed by atoms with E-state index in [1.165, 1.54) is 12.0 Å². The van der Waals surface area contributed by atoms with E-state index >= 15 is 0 Å². The summed E-state index contributed by atoms with van der Waals surface area (Å²) in [4.78, 5) is 4.85. The molecule has 0 unspecified atom stereocenters. The van der Waals surface area contributed by atoms with Crippen LogP contribution in [0.5, 0.6) is 5.75 Å². The molecule has 0 aromatic heterocycles. The number of ether oxygens (including phenoxy) is 2. The molecule has 2 aliphatic heterocycles. The quantitative estimate of drug-likeness (QED) is 0.853. The second-order valence-electron chi connectivity index (χ2n) is 6.94. The van der Waals surface area contributed by atoms with Gasteiger partial charge < -0.3 is 14.4 Å². The van der Waals surface area contributed by atoms with Gasteiger partial charge in [-0.1, -0.05) is 12.1 Å². The SMILES string of the molecule is COc1ccc(CN2CCC3(CC2)C[C@H](N(C)C)CO3)cc1. The zero-order chi connectivity index (χ0) is 15.6. The monoisotopic (exact) mass is 304 g/mol. The molecule has 0 radical (unpaired) electrons. The highest BCUT2D eigenvalue weighted by molar-refractivity contribution is 5.27. The van der Waals surface area contributed by atoms with E-state index in [0.29, 0.717) is 6.04 Å². The van der Waals surface area contributed by atoms with Crippen LogP contribution in [-0.4, -0.2) is 62.3 Å². The number of piperidine rings is 1. The lowest BCUT2D eigenvalue weighted by Gasteiger charge is -2.39. The lowest BCUT2D eigenvalue weighted by Crippen LogP contribution is -2.44. The fraction of sp³-hybridized carbons (Fsp3) is 0.667. The van der Waals surface area contributed by atoms with Gasteiger partial charge in [-0.2, -0.15) is 0 Å². The Balaban J connectivity index is 1.51. The summed E-state index contributed by atoms with van der Waals surface area (Å²) in [6, 6.07) is 9.01. The number of benzene rings is 1. The van der Waals surface area contributed by atoms with E-state index in [0.717, 1.165) is 44.8 Å². The number of likely N-dealkylation sites (tertiary alicyclic amines) is 1. The smallest absolute Gasteiger partial charge is 0.118 e. The molecular formula is C18H28N2O2. The van der Waals surface area contributed by atoms with Gasteiger partial charge >= 0.3 is 0 Å². The van der Waals surface area contributed by atoms with E-state index in [1.807, 2.05) is 12.1 Å². The van der Waals surface area contributed by atoms with Crippen molar-refractivity contribution in [2.75, 3.05) is 40.9 Å². The summed E-state index contributed by atoms with van der Waals surface area (Å²) >= 11 is 0. The zero-order valence-corrected chi connectivity index (χ0v) is 14.0. The van der Waals surface area contributed by atoms with E-state index < -0.39 is 0 Å². The Morgan fingerprint density at radius 1 is 1.23 bits per heavy atom. The van der Waals surface area contributed by atoms with Crippen molar-refractivity contribution in [3.63, 3.8) is 0 Å². The third kappa shape index (κ3) is 3.45. The molecule has 2 saturated heterocycles. The van der Waals surface area contributed by atoms with Crippen molar-refractivity contribution in [2.24, 2.45) is 0 Å². The zero-order valence-electron chi connectivity index (χ0n) is 14.0. The van der Waals surface area contributed by atoms with E-state index in [1.54, 1.807) is 7.11 Å². The van der Waals surface area contributed by atoms with Crippen LogP contribution < -0.4 is 4.74 Å². The van der Waals surface area contributed by atoms with Crippen LogP contribution in [-0.2, 0) is 11.3 Å². The second kappa shape index (κ2) is 6.57. The number of nitrogens with zero attached hydrogens (tertiary/aromatic N) is 2. The predicted molar refractivity (Wildman–Crippen MR) is 88.3 cm³/mol. The van der Waals surface area contributed by atoms with Gasteiger partial charge in [0.15, 0.2) is 0 Å². The first kappa shape index (κ1) is 15.8. The lowest BCUT2D eigenvalue weighted by molar-refractivity contribution is -0.0451. The fourth-order valence-electron chi connectivity index (χ4n) is 3.61. The Kier molecular flexibility index (Phi) is 4.71. The largest absolute Gasteiger partial charge is 0.497 e. The molecule has 0 N–H and O–H groups in total. The van der Waals surface area contributed by atoms with Crippen LogP contribution in [0.3, 0.4) is 0 Å². The molecule has 1 atom stereocenters. The van der Waals surface area contributed by atoms with Crippen molar-refractivity contribution in [3.8, 4) is 5.75 Å². The van der Waals surface area contributed by atoms with Crippen LogP contribution in [0.1, 0.15) is 24.8 Å². The first-order valence-corrected chi connectivity index (χ1v) is 8.26. The molecule has 2 heterocycles. The molecule has 2 fully saturated rings. The van der Waals surface area contributed by atoms with E-state index in [-0.39, 0.29) is 5.60 Å². The highest BCUT2D eigenvalue weighted by Crippen LogP contribution is 2.37. The summed E-state index contributed by atoms with van der Waals surface area (Å²) < 4.78 is 11.4. The number of methoxy groups -OCH3 is 1. The summed E-state index contributed by atoms with van der Waals surface area (Å²) in [7, 11) is 6.03. The first-order valence-electron chi connectivity index (χ1n) is 8.26. The Morgan fingerprint density at radius 3 is 2.45 bits per heavy atom. The third-order valence-electron chi connectivity index (χ3n) is 5.25. The van der Waals surface area contributed by atoms with Crippen molar-refractivity contribution < 1.29 is 9.47 Å². The fourth-order valence-corrected chi connectivity index (χ4v) is 3.61. The van der Waals surface area contributed by atoms with Crippen LogP contribution in [0, 0.1) is 0 Å². The molecule has 22 heavy (non-hydrogen) atoms. The molecule has 0 aliphatic carbocycles. The van der Waals surface area contributed by atoms with Gasteiger partial charge in [0.1, 0.15) is 5.75 Å². The Hall–Kier alpha value is -1.10. The van der Waals surface area contributed by atoms with Crippen LogP contribution in [0.4, 0.5) is 0 Å². The van der Waals surface area contributed by atoms with Crippen molar-refractivity contribution in [1.29, 1.82) is 0 Å². The van der Waals surface area contributed by atoms with Crippen molar-refractivity contribution >= 4 is 0 Å². The van der Waals surface area contributed by atoms with Gasteiger partial charge in [-0.3, -0.25) is 4.90 Å². The summed E-state index contributed by atoms with van der Waals surface area (Å²) in [6.45, 7) is 4.18. The van der Waals surface area contributed by atoms with Crippen molar-refractivity contribution in [2.45, 2.75) is 37.5 Å². The predicted octanol–water partition coefficient (Wildman–Crippen LogP) is 2.38. The molecule has 0 saturated carbocycles. The topological polar surface area (TPSA) is 24.9 Å². The molecule has 4 nitrogen and oxygen atoms in total. The minimum atomic E-state index is 0.144. The van der Waals surface area contributed by atoms with Crippen molar-refractivity contribution in [3.05, 3.63) is 29.8 Å².